The maximum Gasteiger partial charge on any atom is 0.134 e. The van der Waals surface area contributed by atoms with Gasteiger partial charge in [-0.3, -0.25) is 0 Å². The predicted molar refractivity (Wildman–Crippen MR) is 68.1 cm³/mol. The van der Waals surface area contributed by atoms with Crippen LogP contribution >= 0.6 is 27.5 Å². The highest BCUT2D eigenvalue weighted by molar-refractivity contribution is 9.10. The van der Waals surface area contributed by atoms with Gasteiger partial charge in [0.15, 0.2) is 0 Å². The van der Waals surface area contributed by atoms with E-state index in [1.54, 1.807) is 0 Å². The molecule has 0 saturated carbocycles. The van der Waals surface area contributed by atoms with Crippen molar-refractivity contribution in [3.05, 3.63) is 69.2 Å². The lowest BCUT2D eigenvalue weighted by molar-refractivity contribution is 0.523. The summed E-state index contributed by atoms with van der Waals surface area (Å²) >= 11 is 8.95. The van der Waals surface area contributed by atoms with E-state index >= 15 is 0 Å². The minimum atomic E-state index is -1.38. The molecule has 0 aliphatic heterocycles. The van der Waals surface area contributed by atoms with E-state index in [9.17, 15) is 17.6 Å². The SMILES string of the molecule is Fc1cc(F)c(C(Cl)c2ccc(Br)cc2F)c(F)c1. The van der Waals surface area contributed by atoms with E-state index < -0.39 is 34.2 Å². The van der Waals surface area contributed by atoms with E-state index in [1.807, 2.05) is 0 Å². The van der Waals surface area contributed by atoms with Crippen molar-refractivity contribution in [1.29, 1.82) is 0 Å². The molecule has 6 heteroatoms. The Hall–Kier alpha value is -1.07. The summed E-state index contributed by atoms with van der Waals surface area (Å²) in [6.07, 6.45) is 0. The Balaban J connectivity index is 2.53. The molecule has 2 aromatic rings. The molecule has 0 aromatic heterocycles. The maximum absolute atomic E-state index is 13.7. The average molecular weight is 354 g/mol. The molecule has 0 aliphatic carbocycles. The standard InChI is InChI=1S/C13H6BrClF4/c14-6-1-2-8(9(17)3-6)13(15)12-10(18)4-7(16)5-11(12)19/h1-5,13H. The van der Waals surface area contributed by atoms with Gasteiger partial charge in [0.1, 0.15) is 23.3 Å². The molecule has 0 saturated heterocycles. The largest absolute Gasteiger partial charge is 0.207 e. The fourth-order valence-corrected chi connectivity index (χ4v) is 2.38. The van der Waals surface area contributed by atoms with Gasteiger partial charge in [0.2, 0.25) is 0 Å². The molecule has 0 radical (unpaired) electrons. The third-order valence-electron chi connectivity index (χ3n) is 2.53. The topological polar surface area (TPSA) is 0 Å². The van der Waals surface area contributed by atoms with E-state index in [0.29, 0.717) is 16.6 Å². The number of hydrogen-bond acceptors (Lipinski definition) is 0. The van der Waals surface area contributed by atoms with Gasteiger partial charge in [0.25, 0.3) is 0 Å². The second kappa shape index (κ2) is 5.51. The Bertz CT molecular complexity index is 607. The average Bonchev–Trinajstić information content (AvgIpc) is 2.26. The van der Waals surface area contributed by atoms with Crippen molar-refractivity contribution in [3.63, 3.8) is 0 Å². The molecule has 1 unspecified atom stereocenters. The molecule has 19 heavy (non-hydrogen) atoms. The molecule has 0 amide bonds. The first-order valence-electron chi connectivity index (χ1n) is 5.13. The first kappa shape index (κ1) is 14.3. The van der Waals surface area contributed by atoms with Crippen LogP contribution in [-0.2, 0) is 0 Å². The van der Waals surface area contributed by atoms with E-state index in [2.05, 4.69) is 15.9 Å². The second-order valence-corrected chi connectivity index (χ2v) is 5.16. The van der Waals surface area contributed by atoms with Gasteiger partial charge in [-0.05, 0) is 12.1 Å². The van der Waals surface area contributed by atoms with Crippen molar-refractivity contribution in [3.8, 4) is 0 Å². The zero-order valence-corrected chi connectivity index (χ0v) is 11.6. The molecule has 1 atom stereocenters. The van der Waals surface area contributed by atoms with Crippen LogP contribution in [-0.4, -0.2) is 0 Å². The first-order valence-corrected chi connectivity index (χ1v) is 6.36. The summed E-state index contributed by atoms with van der Waals surface area (Å²) in [7, 11) is 0. The third kappa shape index (κ3) is 2.92. The smallest absolute Gasteiger partial charge is 0.134 e. The summed E-state index contributed by atoms with van der Waals surface area (Å²) in [5.74, 6) is -4.07. The number of benzene rings is 2. The molecular weight excluding hydrogens is 347 g/mol. The van der Waals surface area contributed by atoms with Crippen molar-refractivity contribution >= 4 is 27.5 Å². The highest BCUT2D eigenvalue weighted by Crippen LogP contribution is 2.35. The highest BCUT2D eigenvalue weighted by Gasteiger charge is 2.23. The van der Waals surface area contributed by atoms with Gasteiger partial charge in [-0.25, -0.2) is 17.6 Å². The van der Waals surface area contributed by atoms with Gasteiger partial charge in [0, 0.05) is 27.7 Å². The van der Waals surface area contributed by atoms with Crippen molar-refractivity contribution in [2.24, 2.45) is 0 Å². The van der Waals surface area contributed by atoms with E-state index in [-0.39, 0.29) is 5.56 Å². The van der Waals surface area contributed by atoms with Crippen LogP contribution in [0.3, 0.4) is 0 Å². The zero-order chi connectivity index (χ0) is 14.2. The molecule has 100 valence electrons. The Morgan fingerprint density at radius 1 is 0.895 bits per heavy atom. The van der Waals surface area contributed by atoms with Crippen molar-refractivity contribution in [1.82, 2.24) is 0 Å². The van der Waals surface area contributed by atoms with Crippen LogP contribution in [0.5, 0.6) is 0 Å². The zero-order valence-electron chi connectivity index (χ0n) is 9.23. The predicted octanol–water partition coefficient (Wildman–Crippen LogP) is 5.33. The second-order valence-electron chi connectivity index (χ2n) is 3.81. The van der Waals surface area contributed by atoms with Gasteiger partial charge in [-0.15, -0.1) is 11.6 Å². The Morgan fingerprint density at radius 3 is 2.00 bits per heavy atom. The molecule has 0 spiro atoms. The number of hydrogen-bond donors (Lipinski definition) is 0. The summed E-state index contributed by atoms with van der Waals surface area (Å²) < 4.78 is 54.1. The summed E-state index contributed by atoms with van der Waals surface area (Å²) in [6.45, 7) is 0. The Morgan fingerprint density at radius 2 is 1.47 bits per heavy atom. The van der Waals surface area contributed by atoms with Crippen molar-refractivity contribution in [2.75, 3.05) is 0 Å². The lowest BCUT2D eigenvalue weighted by Crippen LogP contribution is -2.04. The van der Waals surface area contributed by atoms with Gasteiger partial charge < -0.3 is 0 Å². The normalized spacial score (nSPS) is 12.5. The molecular formula is C13H6BrClF4. The molecule has 0 fully saturated rings. The van der Waals surface area contributed by atoms with Crippen LogP contribution in [0.25, 0.3) is 0 Å². The van der Waals surface area contributed by atoms with Crippen molar-refractivity contribution in [2.45, 2.75) is 5.38 Å². The summed E-state index contributed by atoms with van der Waals surface area (Å²) in [4.78, 5) is 0. The van der Waals surface area contributed by atoms with Crippen LogP contribution in [0.1, 0.15) is 16.5 Å². The molecule has 0 aliphatic rings. The Labute approximate surface area is 120 Å². The monoisotopic (exact) mass is 352 g/mol. The van der Waals surface area contributed by atoms with Crippen molar-refractivity contribution < 1.29 is 17.6 Å². The highest BCUT2D eigenvalue weighted by atomic mass is 79.9. The van der Waals surface area contributed by atoms with Gasteiger partial charge in [0.05, 0.1) is 5.38 Å². The fraction of sp³-hybridized carbons (Fsp3) is 0.0769. The molecule has 0 bridgehead atoms. The van der Waals surface area contributed by atoms with Crippen LogP contribution in [0.4, 0.5) is 17.6 Å². The first-order chi connectivity index (χ1) is 8.90. The Kier molecular flexibility index (Phi) is 4.16. The number of rotatable bonds is 2. The minimum Gasteiger partial charge on any atom is -0.207 e. The fourth-order valence-electron chi connectivity index (χ4n) is 1.66. The quantitative estimate of drug-likeness (QED) is 0.505. The molecule has 0 N–H and O–H groups in total. The summed E-state index contributed by atoms with van der Waals surface area (Å²) in [6, 6.07) is 4.94. The van der Waals surface area contributed by atoms with Crippen LogP contribution in [0, 0.1) is 23.3 Å². The van der Waals surface area contributed by atoms with Crippen LogP contribution in [0.2, 0.25) is 0 Å². The van der Waals surface area contributed by atoms with E-state index in [4.69, 9.17) is 11.6 Å². The lowest BCUT2D eigenvalue weighted by atomic mass is 10.0. The molecule has 0 nitrogen and oxygen atoms in total. The molecule has 2 aromatic carbocycles. The third-order valence-corrected chi connectivity index (χ3v) is 3.48. The van der Waals surface area contributed by atoms with Gasteiger partial charge >= 0.3 is 0 Å². The van der Waals surface area contributed by atoms with Crippen LogP contribution in [0.15, 0.2) is 34.8 Å². The molecule has 2 rings (SSSR count). The summed E-state index contributed by atoms with van der Waals surface area (Å²) in [5.41, 5.74) is -0.668. The van der Waals surface area contributed by atoms with Gasteiger partial charge in [-0.1, -0.05) is 22.0 Å². The molecule has 0 heterocycles. The number of alkyl halides is 1. The number of halogens is 6. The van der Waals surface area contributed by atoms with Gasteiger partial charge in [-0.2, -0.15) is 0 Å². The van der Waals surface area contributed by atoms with Crippen LogP contribution < -0.4 is 0 Å². The lowest BCUT2D eigenvalue weighted by Gasteiger charge is -2.13. The minimum absolute atomic E-state index is 0.0886. The summed E-state index contributed by atoms with van der Waals surface area (Å²) in [5, 5.41) is -1.38. The van der Waals surface area contributed by atoms with E-state index in [0.717, 1.165) is 6.07 Å². The van der Waals surface area contributed by atoms with E-state index in [1.165, 1.54) is 12.1 Å². The maximum atomic E-state index is 13.7.